The van der Waals surface area contributed by atoms with Crippen molar-refractivity contribution < 1.29 is 9.53 Å². The average molecular weight is 337 g/mol. The summed E-state index contributed by atoms with van der Waals surface area (Å²) in [5.41, 5.74) is 2.87. The van der Waals surface area contributed by atoms with E-state index in [0.717, 1.165) is 28.2 Å². The Balaban J connectivity index is 1.69. The third kappa shape index (κ3) is 3.99. The summed E-state index contributed by atoms with van der Waals surface area (Å²) in [5.74, 6) is 1.52. The topological polar surface area (TPSA) is 67.0 Å². The quantitative estimate of drug-likeness (QED) is 0.719. The van der Waals surface area contributed by atoms with Crippen molar-refractivity contribution in [3.63, 3.8) is 0 Å². The minimum Gasteiger partial charge on any atom is -0.484 e. The fourth-order valence-electron chi connectivity index (χ4n) is 2.75. The molecule has 0 bridgehead atoms. The maximum Gasteiger partial charge on any atom is 0.258 e. The van der Waals surface area contributed by atoms with Crippen LogP contribution in [0.5, 0.6) is 5.75 Å². The highest BCUT2D eigenvalue weighted by molar-refractivity contribution is 5.78. The van der Waals surface area contributed by atoms with Crippen LogP contribution in [0.1, 0.15) is 31.3 Å². The Morgan fingerprint density at radius 3 is 2.60 bits per heavy atom. The van der Waals surface area contributed by atoms with Crippen molar-refractivity contribution in [2.45, 2.75) is 26.8 Å². The van der Waals surface area contributed by atoms with Crippen LogP contribution in [0.15, 0.2) is 48.5 Å². The number of para-hydroxylation sites is 3. The minimum absolute atomic E-state index is 0.0195. The highest BCUT2D eigenvalue weighted by Gasteiger charge is 2.22. The van der Waals surface area contributed by atoms with E-state index >= 15 is 0 Å². The Hall–Kier alpha value is -2.82. The molecule has 0 aliphatic rings. The maximum atomic E-state index is 12.4. The summed E-state index contributed by atoms with van der Waals surface area (Å²) in [7, 11) is 0. The Morgan fingerprint density at radius 1 is 1.16 bits per heavy atom. The van der Waals surface area contributed by atoms with E-state index in [1.54, 1.807) is 0 Å². The van der Waals surface area contributed by atoms with Crippen molar-refractivity contribution in [3.05, 3.63) is 59.9 Å². The van der Waals surface area contributed by atoms with E-state index in [-0.39, 0.29) is 24.5 Å². The van der Waals surface area contributed by atoms with Gasteiger partial charge in [-0.05, 0) is 36.6 Å². The zero-order valence-electron chi connectivity index (χ0n) is 14.7. The standard InChI is InChI=1S/C20H23N3O2/c1-13(2)19(20-21-15-9-5-6-10-16(15)22-20)23-18(24)12-25-17-11-7-4-8-14(17)3/h4-11,13,19H,12H2,1-3H3,(H,21,22)(H,23,24). The number of ether oxygens (including phenoxy) is 1. The fraction of sp³-hybridized carbons (Fsp3) is 0.300. The molecule has 1 unspecified atom stereocenters. The first-order valence-corrected chi connectivity index (χ1v) is 8.47. The molecule has 0 aliphatic heterocycles. The van der Waals surface area contributed by atoms with Gasteiger partial charge in [-0.2, -0.15) is 0 Å². The number of aromatic amines is 1. The minimum atomic E-state index is -0.194. The van der Waals surface area contributed by atoms with E-state index in [1.807, 2.05) is 55.5 Å². The Kier molecular flexibility index (Phi) is 5.03. The number of rotatable bonds is 6. The molecule has 1 heterocycles. The van der Waals surface area contributed by atoms with Crippen molar-refractivity contribution in [1.82, 2.24) is 15.3 Å². The molecule has 0 radical (unpaired) electrons. The fourth-order valence-corrected chi connectivity index (χ4v) is 2.75. The predicted octanol–water partition coefficient (Wildman–Crippen LogP) is 3.76. The monoisotopic (exact) mass is 337 g/mol. The van der Waals surface area contributed by atoms with Gasteiger partial charge in [0.1, 0.15) is 11.6 Å². The Labute approximate surface area is 147 Å². The Bertz CT molecular complexity index is 837. The number of H-pyrrole nitrogens is 1. The van der Waals surface area contributed by atoms with E-state index < -0.39 is 0 Å². The van der Waals surface area contributed by atoms with Crippen LogP contribution in [0.2, 0.25) is 0 Å². The van der Waals surface area contributed by atoms with Gasteiger partial charge in [0.2, 0.25) is 0 Å². The lowest BCUT2D eigenvalue weighted by molar-refractivity contribution is -0.124. The molecule has 0 aliphatic carbocycles. The van der Waals surface area contributed by atoms with Gasteiger partial charge in [-0.25, -0.2) is 4.98 Å². The largest absolute Gasteiger partial charge is 0.484 e. The number of amides is 1. The third-order valence-corrected chi connectivity index (χ3v) is 4.14. The number of benzene rings is 2. The zero-order chi connectivity index (χ0) is 17.8. The molecule has 2 aromatic carbocycles. The second kappa shape index (κ2) is 7.38. The Morgan fingerprint density at radius 2 is 1.88 bits per heavy atom. The van der Waals surface area contributed by atoms with Gasteiger partial charge in [0.15, 0.2) is 6.61 Å². The van der Waals surface area contributed by atoms with Gasteiger partial charge in [0.05, 0.1) is 17.1 Å². The van der Waals surface area contributed by atoms with Crippen molar-refractivity contribution in [3.8, 4) is 5.75 Å². The molecular weight excluding hydrogens is 314 g/mol. The van der Waals surface area contributed by atoms with Gasteiger partial charge < -0.3 is 15.0 Å². The number of aromatic nitrogens is 2. The molecule has 2 N–H and O–H groups in total. The van der Waals surface area contributed by atoms with Crippen LogP contribution in [0.3, 0.4) is 0 Å². The number of nitrogens with one attached hydrogen (secondary N) is 2. The van der Waals surface area contributed by atoms with Crippen LogP contribution in [0.4, 0.5) is 0 Å². The lowest BCUT2D eigenvalue weighted by Crippen LogP contribution is -2.35. The van der Waals surface area contributed by atoms with Crippen LogP contribution in [-0.2, 0) is 4.79 Å². The molecule has 25 heavy (non-hydrogen) atoms. The van der Waals surface area contributed by atoms with Crippen molar-refractivity contribution in [1.29, 1.82) is 0 Å². The molecular formula is C20H23N3O2. The molecule has 0 saturated carbocycles. The normalized spacial score (nSPS) is 12.3. The summed E-state index contributed by atoms with van der Waals surface area (Å²) < 4.78 is 5.63. The summed E-state index contributed by atoms with van der Waals surface area (Å²) in [4.78, 5) is 20.3. The molecule has 1 amide bonds. The summed E-state index contributed by atoms with van der Waals surface area (Å²) in [6, 6.07) is 15.3. The van der Waals surface area contributed by atoms with Crippen molar-refractivity contribution >= 4 is 16.9 Å². The molecule has 130 valence electrons. The van der Waals surface area contributed by atoms with E-state index in [1.165, 1.54) is 0 Å². The second-order valence-corrected chi connectivity index (χ2v) is 6.48. The lowest BCUT2D eigenvalue weighted by atomic mass is 10.0. The van der Waals surface area contributed by atoms with E-state index in [2.05, 4.69) is 29.1 Å². The second-order valence-electron chi connectivity index (χ2n) is 6.48. The number of aryl methyl sites for hydroxylation is 1. The lowest BCUT2D eigenvalue weighted by Gasteiger charge is -2.20. The zero-order valence-corrected chi connectivity index (χ0v) is 14.7. The van der Waals surface area contributed by atoms with Gasteiger partial charge in [-0.15, -0.1) is 0 Å². The first-order chi connectivity index (χ1) is 12.0. The molecule has 0 fully saturated rings. The number of fused-ring (bicyclic) bond motifs is 1. The maximum absolute atomic E-state index is 12.4. The smallest absolute Gasteiger partial charge is 0.258 e. The number of hydrogen-bond acceptors (Lipinski definition) is 3. The number of nitrogens with zero attached hydrogens (tertiary/aromatic N) is 1. The molecule has 1 atom stereocenters. The van der Waals surface area contributed by atoms with Gasteiger partial charge in [0, 0.05) is 0 Å². The first kappa shape index (κ1) is 17.0. The number of carbonyl (C=O) groups is 1. The molecule has 3 rings (SSSR count). The van der Waals surface area contributed by atoms with E-state index in [9.17, 15) is 4.79 Å². The van der Waals surface area contributed by atoms with Crippen molar-refractivity contribution in [2.24, 2.45) is 5.92 Å². The van der Waals surface area contributed by atoms with Gasteiger partial charge >= 0.3 is 0 Å². The molecule has 5 heteroatoms. The number of carbonyl (C=O) groups excluding carboxylic acids is 1. The number of imidazole rings is 1. The summed E-state index contributed by atoms with van der Waals surface area (Å²) in [6.45, 7) is 6.05. The van der Waals surface area contributed by atoms with Crippen LogP contribution < -0.4 is 10.1 Å². The van der Waals surface area contributed by atoms with Crippen LogP contribution in [0, 0.1) is 12.8 Å². The van der Waals surface area contributed by atoms with Crippen LogP contribution >= 0.6 is 0 Å². The summed E-state index contributed by atoms with van der Waals surface area (Å²) in [6.07, 6.45) is 0. The highest BCUT2D eigenvalue weighted by atomic mass is 16.5. The van der Waals surface area contributed by atoms with Gasteiger partial charge in [-0.3, -0.25) is 4.79 Å². The predicted molar refractivity (Wildman–Crippen MR) is 98.5 cm³/mol. The SMILES string of the molecule is Cc1ccccc1OCC(=O)NC(c1nc2ccccc2[nH]1)C(C)C. The number of hydrogen-bond donors (Lipinski definition) is 2. The van der Waals surface area contributed by atoms with E-state index in [0.29, 0.717) is 0 Å². The van der Waals surface area contributed by atoms with Crippen LogP contribution in [-0.4, -0.2) is 22.5 Å². The molecule has 1 aromatic heterocycles. The first-order valence-electron chi connectivity index (χ1n) is 8.47. The third-order valence-electron chi connectivity index (χ3n) is 4.14. The van der Waals surface area contributed by atoms with Gasteiger partial charge in [-0.1, -0.05) is 44.2 Å². The molecule has 0 spiro atoms. The highest BCUT2D eigenvalue weighted by Crippen LogP contribution is 2.22. The molecule has 3 aromatic rings. The molecule has 5 nitrogen and oxygen atoms in total. The van der Waals surface area contributed by atoms with Gasteiger partial charge in [0.25, 0.3) is 5.91 Å². The summed E-state index contributed by atoms with van der Waals surface area (Å²) >= 11 is 0. The summed E-state index contributed by atoms with van der Waals surface area (Å²) in [5, 5.41) is 3.03. The average Bonchev–Trinajstić information content (AvgIpc) is 3.02. The molecule has 0 saturated heterocycles. The van der Waals surface area contributed by atoms with E-state index in [4.69, 9.17) is 4.74 Å². The van der Waals surface area contributed by atoms with Crippen molar-refractivity contribution in [2.75, 3.05) is 6.61 Å². The van der Waals surface area contributed by atoms with Crippen LogP contribution in [0.25, 0.3) is 11.0 Å².